The van der Waals surface area contributed by atoms with Crippen LogP contribution >= 0.6 is 0 Å². The lowest BCUT2D eigenvalue weighted by atomic mass is 10.00. The van der Waals surface area contributed by atoms with E-state index >= 15 is 0 Å². The molecule has 1 amide bonds. The SMILES string of the molecule is Cc1ccc(NC(=O)c2cc3ccc4c5ccccc5[nH]c4c3c(N=Nc3ccc(N)cc3)c2O)cc1. The number of amides is 1. The number of aromatic amines is 1. The van der Waals surface area contributed by atoms with Crippen LogP contribution in [0, 0.1) is 6.92 Å². The zero-order valence-electron chi connectivity index (χ0n) is 20.0. The molecule has 5 N–H and O–H groups in total. The maximum atomic E-state index is 13.3. The molecule has 1 heterocycles. The van der Waals surface area contributed by atoms with Crippen molar-refractivity contribution in [1.29, 1.82) is 0 Å². The molecule has 0 aliphatic rings. The fourth-order valence-electron chi connectivity index (χ4n) is 4.53. The number of anilines is 2. The van der Waals surface area contributed by atoms with Gasteiger partial charge in [-0.25, -0.2) is 0 Å². The van der Waals surface area contributed by atoms with Crippen LogP contribution in [0.5, 0.6) is 5.75 Å². The number of nitrogens with one attached hydrogen (secondary N) is 2. The van der Waals surface area contributed by atoms with Crippen LogP contribution in [0.1, 0.15) is 15.9 Å². The van der Waals surface area contributed by atoms with E-state index in [1.165, 1.54) is 0 Å². The number of phenolic OH excluding ortho intramolecular Hbond substituents is 1. The third-order valence-electron chi connectivity index (χ3n) is 6.44. The van der Waals surface area contributed by atoms with Crippen molar-refractivity contribution in [2.75, 3.05) is 11.1 Å². The van der Waals surface area contributed by atoms with Gasteiger partial charge in [-0.1, -0.05) is 48.0 Å². The Morgan fingerprint density at radius 1 is 0.892 bits per heavy atom. The van der Waals surface area contributed by atoms with Crippen LogP contribution in [0.3, 0.4) is 0 Å². The number of phenols is 1. The van der Waals surface area contributed by atoms with Crippen LogP contribution in [0.4, 0.5) is 22.7 Å². The van der Waals surface area contributed by atoms with E-state index in [1.807, 2.05) is 67.6 Å². The average Bonchev–Trinajstić information content (AvgIpc) is 3.29. The first-order chi connectivity index (χ1) is 18.0. The first-order valence-corrected chi connectivity index (χ1v) is 11.8. The van der Waals surface area contributed by atoms with Crippen LogP contribution in [-0.2, 0) is 0 Å². The molecule has 0 saturated carbocycles. The Morgan fingerprint density at radius 3 is 2.43 bits per heavy atom. The van der Waals surface area contributed by atoms with E-state index in [2.05, 4.69) is 20.5 Å². The molecule has 6 aromatic rings. The summed E-state index contributed by atoms with van der Waals surface area (Å²) in [5.74, 6) is -0.689. The molecule has 180 valence electrons. The number of benzene rings is 5. The second-order valence-electron chi connectivity index (χ2n) is 8.99. The molecule has 0 spiro atoms. The number of aromatic hydroxyl groups is 1. The normalized spacial score (nSPS) is 11.6. The van der Waals surface area contributed by atoms with E-state index in [4.69, 9.17) is 5.73 Å². The minimum absolute atomic E-state index is 0.106. The number of nitrogens with zero attached hydrogens (tertiary/aromatic N) is 2. The number of aromatic nitrogens is 1. The van der Waals surface area contributed by atoms with Gasteiger partial charge in [-0.2, -0.15) is 5.11 Å². The number of rotatable bonds is 4. The van der Waals surface area contributed by atoms with Gasteiger partial charge in [-0.15, -0.1) is 5.11 Å². The highest BCUT2D eigenvalue weighted by atomic mass is 16.3. The first-order valence-electron chi connectivity index (χ1n) is 11.8. The fourth-order valence-corrected chi connectivity index (χ4v) is 4.53. The summed E-state index contributed by atoms with van der Waals surface area (Å²) in [5.41, 5.74) is 10.8. The number of para-hydroxylation sites is 1. The van der Waals surface area contributed by atoms with Crippen LogP contribution in [-0.4, -0.2) is 16.0 Å². The van der Waals surface area contributed by atoms with Gasteiger partial charge < -0.3 is 21.1 Å². The monoisotopic (exact) mass is 485 g/mol. The van der Waals surface area contributed by atoms with Gasteiger partial charge in [0.1, 0.15) is 5.69 Å². The quantitative estimate of drug-likeness (QED) is 0.151. The lowest BCUT2D eigenvalue weighted by Crippen LogP contribution is -2.12. The molecule has 5 aromatic carbocycles. The molecule has 7 heteroatoms. The van der Waals surface area contributed by atoms with E-state index < -0.39 is 5.91 Å². The van der Waals surface area contributed by atoms with Gasteiger partial charge in [0.15, 0.2) is 5.75 Å². The number of H-pyrrole nitrogens is 1. The molecule has 0 fully saturated rings. The van der Waals surface area contributed by atoms with Gasteiger partial charge in [-0.05, 0) is 60.8 Å². The Labute approximate surface area is 212 Å². The molecular formula is C30H23N5O2. The van der Waals surface area contributed by atoms with Gasteiger partial charge in [0, 0.05) is 33.1 Å². The Kier molecular flexibility index (Phi) is 5.31. The van der Waals surface area contributed by atoms with Crippen molar-refractivity contribution in [2.45, 2.75) is 6.92 Å². The lowest BCUT2D eigenvalue weighted by Gasteiger charge is -2.12. The molecule has 0 bridgehead atoms. The predicted octanol–water partition coefficient (Wildman–Crippen LogP) is 7.74. The van der Waals surface area contributed by atoms with Crippen molar-refractivity contribution in [1.82, 2.24) is 4.98 Å². The zero-order chi connectivity index (χ0) is 25.5. The second kappa shape index (κ2) is 8.80. The highest BCUT2D eigenvalue weighted by Gasteiger charge is 2.21. The van der Waals surface area contributed by atoms with E-state index in [9.17, 15) is 9.90 Å². The molecule has 0 unspecified atom stereocenters. The third kappa shape index (κ3) is 4.02. The Bertz CT molecular complexity index is 1840. The largest absolute Gasteiger partial charge is 0.505 e. The molecule has 0 atom stereocenters. The highest BCUT2D eigenvalue weighted by Crippen LogP contribution is 2.44. The minimum atomic E-state index is -0.441. The van der Waals surface area contributed by atoms with Crippen LogP contribution in [0.15, 0.2) is 101 Å². The van der Waals surface area contributed by atoms with E-state index in [-0.39, 0.29) is 17.0 Å². The maximum absolute atomic E-state index is 13.3. The number of fused-ring (bicyclic) bond motifs is 5. The van der Waals surface area contributed by atoms with Crippen molar-refractivity contribution < 1.29 is 9.90 Å². The van der Waals surface area contributed by atoms with E-state index in [0.29, 0.717) is 22.4 Å². The standard InChI is InChI=1S/C30H23N5O2/c1-17-6-11-20(12-7-17)32-30(37)24-16-18-8-15-23-22-4-2-3-5-25(22)33-27(23)26(18)28(29(24)36)35-34-21-13-9-19(31)10-14-21/h2-16,33,36H,31H2,1H3,(H,32,37). The number of nitrogen functional groups attached to an aromatic ring is 1. The Balaban J connectivity index is 1.56. The fraction of sp³-hybridized carbons (Fsp3) is 0.0333. The Morgan fingerprint density at radius 2 is 1.65 bits per heavy atom. The number of hydrogen-bond acceptors (Lipinski definition) is 5. The predicted molar refractivity (Wildman–Crippen MR) is 149 cm³/mol. The Hall–Kier alpha value is -5.17. The zero-order valence-corrected chi connectivity index (χ0v) is 20.0. The summed E-state index contributed by atoms with van der Waals surface area (Å²) < 4.78 is 0. The number of hydrogen-bond donors (Lipinski definition) is 4. The summed E-state index contributed by atoms with van der Waals surface area (Å²) in [5, 5.41) is 26.5. The molecule has 7 nitrogen and oxygen atoms in total. The molecule has 37 heavy (non-hydrogen) atoms. The summed E-state index contributed by atoms with van der Waals surface area (Å²) in [7, 11) is 0. The summed E-state index contributed by atoms with van der Waals surface area (Å²) in [6.07, 6.45) is 0. The summed E-state index contributed by atoms with van der Waals surface area (Å²) in [4.78, 5) is 16.7. The van der Waals surface area contributed by atoms with Gasteiger partial charge in [0.2, 0.25) is 0 Å². The lowest BCUT2D eigenvalue weighted by molar-refractivity contribution is 0.102. The number of azo groups is 1. The molecule has 6 rings (SSSR count). The topological polar surface area (TPSA) is 116 Å². The van der Waals surface area contributed by atoms with Crippen molar-refractivity contribution in [2.24, 2.45) is 10.2 Å². The van der Waals surface area contributed by atoms with Crippen LogP contribution in [0.2, 0.25) is 0 Å². The molecule has 0 saturated heterocycles. The minimum Gasteiger partial charge on any atom is -0.505 e. The van der Waals surface area contributed by atoms with Gasteiger partial charge in [0.25, 0.3) is 5.91 Å². The number of carbonyl (C=O) groups excluding carboxylic acids is 1. The van der Waals surface area contributed by atoms with Crippen molar-refractivity contribution in [3.05, 3.63) is 102 Å². The van der Waals surface area contributed by atoms with E-state index in [0.717, 1.165) is 32.8 Å². The van der Waals surface area contributed by atoms with Gasteiger partial charge in [0.05, 0.1) is 16.8 Å². The molecule has 0 aliphatic carbocycles. The maximum Gasteiger partial charge on any atom is 0.259 e. The smallest absolute Gasteiger partial charge is 0.259 e. The van der Waals surface area contributed by atoms with Gasteiger partial charge >= 0.3 is 0 Å². The van der Waals surface area contributed by atoms with Gasteiger partial charge in [-0.3, -0.25) is 4.79 Å². The van der Waals surface area contributed by atoms with Crippen molar-refractivity contribution >= 4 is 61.2 Å². The van der Waals surface area contributed by atoms with Crippen LogP contribution < -0.4 is 11.1 Å². The second-order valence-corrected chi connectivity index (χ2v) is 8.99. The van der Waals surface area contributed by atoms with Crippen LogP contribution in [0.25, 0.3) is 32.6 Å². The number of carbonyl (C=O) groups is 1. The average molecular weight is 486 g/mol. The molecule has 0 aliphatic heterocycles. The molecule has 1 aromatic heterocycles. The molecular weight excluding hydrogens is 462 g/mol. The molecule has 0 radical (unpaired) electrons. The first kappa shape index (κ1) is 22.3. The summed E-state index contributed by atoms with van der Waals surface area (Å²) in [6.45, 7) is 1.98. The van der Waals surface area contributed by atoms with E-state index in [1.54, 1.807) is 30.3 Å². The number of nitrogens with two attached hydrogens (primary N) is 1. The summed E-state index contributed by atoms with van der Waals surface area (Å²) in [6, 6.07) is 28.0. The van der Waals surface area contributed by atoms with Crippen molar-refractivity contribution in [3.8, 4) is 5.75 Å². The summed E-state index contributed by atoms with van der Waals surface area (Å²) >= 11 is 0. The highest BCUT2D eigenvalue weighted by molar-refractivity contribution is 6.22. The third-order valence-corrected chi connectivity index (χ3v) is 6.44. The van der Waals surface area contributed by atoms with Crippen molar-refractivity contribution in [3.63, 3.8) is 0 Å². The number of aryl methyl sites for hydroxylation is 1.